The Labute approximate surface area is 121 Å². The van der Waals surface area contributed by atoms with Gasteiger partial charge in [-0.25, -0.2) is 0 Å². The summed E-state index contributed by atoms with van der Waals surface area (Å²) in [6, 6.07) is 6.47. The van der Waals surface area contributed by atoms with E-state index in [1.54, 1.807) is 0 Å². The third kappa shape index (κ3) is 5.16. The topological polar surface area (TPSA) is 33.0 Å². The first-order valence-corrected chi connectivity index (χ1v) is 7.74. The number of nitriles is 1. The fourth-order valence-corrected chi connectivity index (χ4v) is 2.37. The molecule has 0 amide bonds. The maximum atomic E-state index is 8.51. The highest BCUT2D eigenvalue weighted by Crippen LogP contribution is 2.32. The van der Waals surface area contributed by atoms with Crippen molar-refractivity contribution in [2.45, 2.75) is 46.0 Å². The molecule has 0 fully saturated rings. The van der Waals surface area contributed by atoms with E-state index in [-0.39, 0.29) is 5.41 Å². The molecule has 0 saturated heterocycles. The summed E-state index contributed by atoms with van der Waals surface area (Å²) in [5.74, 6) is 1.89. The summed E-state index contributed by atoms with van der Waals surface area (Å²) in [7, 11) is 0. The SMILES string of the molecule is CCOc1ccc(CCCSC#N)cc1C(C)(C)C. The second-order valence-electron chi connectivity index (χ2n) is 5.56. The molecule has 0 N–H and O–H groups in total. The quantitative estimate of drug-likeness (QED) is 0.566. The van der Waals surface area contributed by atoms with Gasteiger partial charge >= 0.3 is 0 Å². The van der Waals surface area contributed by atoms with Gasteiger partial charge in [-0.3, -0.25) is 0 Å². The molecule has 0 atom stereocenters. The van der Waals surface area contributed by atoms with Crippen molar-refractivity contribution < 1.29 is 4.74 Å². The van der Waals surface area contributed by atoms with Gasteiger partial charge in [-0.15, -0.1) is 0 Å². The number of ether oxygens (including phenoxy) is 1. The smallest absolute Gasteiger partial charge is 0.133 e. The second-order valence-corrected chi connectivity index (χ2v) is 6.44. The Kier molecular flexibility index (Phi) is 6.24. The van der Waals surface area contributed by atoms with Gasteiger partial charge in [-0.2, -0.15) is 5.26 Å². The van der Waals surface area contributed by atoms with E-state index >= 15 is 0 Å². The lowest BCUT2D eigenvalue weighted by molar-refractivity contribution is 0.329. The number of thioether (sulfide) groups is 1. The minimum Gasteiger partial charge on any atom is -0.494 e. The van der Waals surface area contributed by atoms with Crippen LogP contribution in [0.25, 0.3) is 0 Å². The van der Waals surface area contributed by atoms with Crippen molar-refractivity contribution in [1.29, 1.82) is 5.26 Å². The van der Waals surface area contributed by atoms with Gasteiger partial charge in [0.1, 0.15) is 11.2 Å². The molecule has 0 aliphatic heterocycles. The van der Waals surface area contributed by atoms with E-state index in [1.165, 1.54) is 22.9 Å². The van der Waals surface area contributed by atoms with Crippen LogP contribution >= 0.6 is 11.8 Å². The first-order chi connectivity index (χ1) is 8.99. The Bertz CT molecular complexity index is 443. The molecule has 104 valence electrons. The molecular formula is C16H23NOS. The Morgan fingerprint density at radius 1 is 1.32 bits per heavy atom. The molecule has 0 bridgehead atoms. The Hall–Kier alpha value is -1.14. The summed E-state index contributed by atoms with van der Waals surface area (Å²) in [6.45, 7) is 9.33. The van der Waals surface area contributed by atoms with Crippen LogP contribution in [0.5, 0.6) is 5.75 Å². The summed E-state index contributed by atoms with van der Waals surface area (Å²) in [6.07, 6.45) is 2.06. The molecule has 0 aliphatic rings. The van der Waals surface area contributed by atoms with E-state index in [1.807, 2.05) is 6.92 Å². The van der Waals surface area contributed by atoms with Crippen LogP contribution in [0.2, 0.25) is 0 Å². The van der Waals surface area contributed by atoms with E-state index in [2.05, 4.69) is 44.4 Å². The van der Waals surface area contributed by atoms with E-state index in [4.69, 9.17) is 10.00 Å². The zero-order valence-corrected chi connectivity index (χ0v) is 13.1. The van der Waals surface area contributed by atoms with Crippen molar-refractivity contribution in [2.75, 3.05) is 12.4 Å². The molecule has 1 rings (SSSR count). The second kappa shape index (κ2) is 7.45. The molecule has 2 nitrogen and oxygen atoms in total. The average molecular weight is 277 g/mol. The highest BCUT2D eigenvalue weighted by atomic mass is 32.2. The predicted octanol–water partition coefficient (Wildman–Crippen LogP) is 4.53. The molecule has 0 heterocycles. The number of hydrogen-bond donors (Lipinski definition) is 0. The highest BCUT2D eigenvalue weighted by molar-refractivity contribution is 8.03. The number of rotatable bonds is 6. The largest absolute Gasteiger partial charge is 0.494 e. The molecule has 0 unspecified atom stereocenters. The van der Waals surface area contributed by atoms with E-state index in [0.29, 0.717) is 6.61 Å². The van der Waals surface area contributed by atoms with Gasteiger partial charge in [0.15, 0.2) is 0 Å². The number of aryl methyl sites for hydroxylation is 1. The van der Waals surface area contributed by atoms with Gasteiger partial charge in [0.25, 0.3) is 0 Å². The normalized spacial score (nSPS) is 11.1. The van der Waals surface area contributed by atoms with Crippen molar-refractivity contribution in [3.05, 3.63) is 29.3 Å². The van der Waals surface area contributed by atoms with E-state index in [9.17, 15) is 0 Å². The molecule has 1 aromatic rings. The third-order valence-corrected chi connectivity index (χ3v) is 3.55. The minimum atomic E-state index is 0.0852. The molecule has 1 aromatic carbocycles. The molecule has 19 heavy (non-hydrogen) atoms. The van der Waals surface area contributed by atoms with Crippen molar-refractivity contribution in [3.63, 3.8) is 0 Å². The van der Waals surface area contributed by atoms with E-state index < -0.39 is 0 Å². The minimum absolute atomic E-state index is 0.0852. The van der Waals surface area contributed by atoms with Gasteiger partial charge in [0.2, 0.25) is 0 Å². The summed E-state index contributed by atoms with van der Waals surface area (Å²) < 4.78 is 5.71. The van der Waals surface area contributed by atoms with Crippen LogP contribution in [0.15, 0.2) is 18.2 Å². The lowest BCUT2D eigenvalue weighted by Gasteiger charge is -2.23. The van der Waals surface area contributed by atoms with Crippen LogP contribution in [-0.2, 0) is 11.8 Å². The number of hydrogen-bond acceptors (Lipinski definition) is 3. The number of thiocyanates is 1. The molecule has 0 spiro atoms. The maximum Gasteiger partial charge on any atom is 0.133 e. The van der Waals surface area contributed by atoms with Crippen LogP contribution in [0.1, 0.15) is 45.2 Å². The molecule has 0 aromatic heterocycles. The van der Waals surface area contributed by atoms with Gasteiger partial charge in [0.05, 0.1) is 6.61 Å². The van der Waals surface area contributed by atoms with Gasteiger partial charge < -0.3 is 4.74 Å². The average Bonchev–Trinajstić information content (AvgIpc) is 2.35. The first-order valence-electron chi connectivity index (χ1n) is 6.76. The van der Waals surface area contributed by atoms with Gasteiger partial charge in [-0.1, -0.05) is 32.9 Å². The van der Waals surface area contributed by atoms with Crippen molar-refractivity contribution in [1.82, 2.24) is 0 Å². The monoisotopic (exact) mass is 277 g/mol. The van der Waals surface area contributed by atoms with Crippen molar-refractivity contribution in [2.24, 2.45) is 0 Å². The summed E-state index contributed by atoms with van der Waals surface area (Å²) in [4.78, 5) is 0. The highest BCUT2D eigenvalue weighted by Gasteiger charge is 2.19. The van der Waals surface area contributed by atoms with Gasteiger partial charge in [-0.05, 0) is 54.1 Å². The van der Waals surface area contributed by atoms with Crippen LogP contribution in [-0.4, -0.2) is 12.4 Å². The van der Waals surface area contributed by atoms with E-state index in [0.717, 1.165) is 24.3 Å². The van der Waals surface area contributed by atoms with Crippen LogP contribution in [0.3, 0.4) is 0 Å². The molecule has 3 heteroatoms. The lowest BCUT2D eigenvalue weighted by atomic mass is 9.85. The van der Waals surface area contributed by atoms with Crippen LogP contribution in [0, 0.1) is 10.7 Å². The summed E-state index contributed by atoms with van der Waals surface area (Å²) in [5, 5.41) is 10.6. The summed E-state index contributed by atoms with van der Waals surface area (Å²) >= 11 is 1.33. The molecule has 0 radical (unpaired) electrons. The maximum absolute atomic E-state index is 8.51. The summed E-state index contributed by atoms with van der Waals surface area (Å²) in [5.41, 5.74) is 2.67. The Morgan fingerprint density at radius 3 is 2.63 bits per heavy atom. The number of benzene rings is 1. The number of nitrogens with zero attached hydrogens (tertiary/aromatic N) is 1. The van der Waals surface area contributed by atoms with Crippen LogP contribution in [0.4, 0.5) is 0 Å². The molecule has 0 aliphatic carbocycles. The van der Waals surface area contributed by atoms with Crippen molar-refractivity contribution in [3.8, 4) is 11.2 Å². The molecular weight excluding hydrogens is 254 g/mol. The Morgan fingerprint density at radius 2 is 2.05 bits per heavy atom. The lowest BCUT2D eigenvalue weighted by Crippen LogP contribution is -2.14. The Balaban J connectivity index is 2.83. The fourth-order valence-electron chi connectivity index (χ4n) is 1.99. The predicted molar refractivity (Wildman–Crippen MR) is 82.7 cm³/mol. The van der Waals surface area contributed by atoms with Crippen LogP contribution < -0.4 is 4.74 Å². The zero-order valence-electron chi connectivity index (χ0n) is 12.3. The molecule has 0 saturated carbocycles. The third-order valence-electron chi connectivity index (χ3n) is 2.93. The first kappa shape index (κ1) is 15.9. The standard InChI is InChI=1S/C16H23NOS/c1-5-18-15-9-8-13(7-6-10-19-12-17)11-14(15)16(2,3)4/h8-9,11H,5-7,10H2,1-4H3. The van der Waals surface area contributed by atoms with Crippen molar-refractivity contribution >= 4 is 11.8 Å². The zero-order chi connectivity index (χ0) is 14.3. The fraction of sp³-hybridized carbons (Fsp3) is 0.562. The van der Waals surface area contributed by atoms with Gasteiger partial charge in [0, 0.05) is 5.75 Å².